The molecule has 1 N–H and O–H groups in total. The van der Waals surface area contributed by atoms with Crippen molar-refractivity contribution in [3.63, 3.8) is 0 Å². The van der Waals surface area contributed by atoms with Crippen LogP contribution in [-0.2, 0) is 4.74 Å². The highest BCUT2D eigenvalue weighted by Crippen LogP contribution is 2.36. The fourth-order valence-corrected chi connectivity index (χ4v) is 3.94. The molecule has 1 aliphatic carbocycles. The molecular formula is C17H34N2O. The van der Waals surface area contributed by atoms with Crippen LogP contribution in [0, 0.1) is 5.92 Å². The van der Waals surface area contributed by atoms with Crippen LogP contribution in [0.3, 0.4) is 0 Å². The Labute approximate surface area is 125 Å². The molecule has 0 radical (unpaired) electrons. The van der Waals surface area contributed by atoms with E-state index < -0.39 is 0 Å². The molecule has 0 aromatic carbocycles. The Morgan fingerprint density at radius 2 is 2.00 bits per heavy atom. The molecule has 118 valence electrons. The topological polar surface area (TPSA) is 24.5 Å². The number of ether oxygens (including phenoxy) is 1. The van der Waals surface area contributed by atoms with Crippen LogP contribution in [0.1, 0.15) is 59.3 Å². The maximum Gasteiger partial charge on any atom is 0.0593 e. The molecule has 1 heterocycles. The summed E-state index contributed by atoms with van der Waals surface area (Å²) >= 11 is 0. The average Bonchev–Trinajstić information content (AvgIpc) is 2.49. The number of hydrogen-bond acceptors (Lipinski definition) is 3. The summed E-state index contributed by atoms with van der Waals surface area (Å²) in [5.74, 6) is 0.769. The lowest BCUT2D eigenvalue weighted by atomic mass is 9.77. The summed E-state index contributed by atoms with van der Waals surface area (Å²) in [4.78, 5) is 2.77. The lowest BCUT2D eigenvalue weighted by molar-refractivity contribution is -0.0176. The molecule has 3 heteroatoms. The highest BCUT2D eigenvalue weighted by atomic mass is 16.5. The van der Waals surface area contributed by atoms with E-state index in [9.17, 15) is 0 Å². The minimum atomic E-state index is 0.430. The van der Waals surface area contributed by atoms with Crippen molar-refractivity contribution in [2.75, 3.05) is 32.8 Å². The van der Waals surface area contributed by atoms with Crippen LogP contribution in [0.5, 0.6) is 0 Å². The molecule has 3 nitrogen and oxygen atoms in total. The molecule has 1 saturated carbocycles. The van der Waals surface area contributed by atoms with Crippen molar-refractivity contribution < 1.29 is 4.74 Å². The van der Waals surface area contributed by atoms with Gasteiger partial charge in [0.05, 0.1) is 6.61 Å². The number of hydrogen-bond donors (Lipinski definition) is 1. The van der Waals surface area contributed by atoms with Crippen molar-refractivity contribution in [1.82, 2.24) is 10.2 Å². The van der Waals surface area contributed by atoms with Crippen LogP contribution in [-0.4, -0.2) is 49.3 Å². The first-order valence-electron chi connectivity index (χ1n) is 8.78. The van der Waals surface area contributed by atoms with Gasteiger partial charge in [0, 0.05) is 37.8 Å². The lowest BCUT2D eigenvalue weighted by Gasteiger charge is -2.53. The maximum atomic E-state index is 5.63. The molecule has 2 fully saturated rings. The molecule has 0 amide bonds. The van der Waals surface area contributed by atoms with Gasteiger partial charge in [0.2, 0.25) is 0 Å². The van der Waals surface area contributed by atoms with Crippen molar-refractivity contribution >= 4 is 0 Å². The zero-order valence-corrected chi connectivity index (χ0v) is 13.8. The van der Waals surface area contributed by atoms with Gasteiger partial charge < -0.3 is 10.1 Å². The summed E-state index contributed by atoms with van der Waals surface area (Å²) in [6.45, 7) is 12.0. The van der Waals surface area contributed by atoms with E-state index >= 15 is 0 Å². The zero-order valence-electron chi connectivity index (χ0n) is 13.8. The molecule has 2 unspecified atom stereocenters. The van der Waals surface area contributed by atoms with Gasteiger partial charge in [-0.25, -0.2) is 0 Å². The van der Waals surface area contributed by atoms with Gasteiger partial charge >= 0.3 is 0 Å². The Hall–Kier alpha value is -0.120. The first-order valence-corrected chi connectivity index (χ1v) is 8.78. The highest BCUT2D eigenvalue weighted by Gasteiger charge is 2.42. The van der Waals surface area contributed by atoms with Crippen LogP contribution in [0.2, 0.25) is 0 Å². The van der Waals surface area contributed by atoms with E-state index in [4.69, 9.17) is 4.74 Å². The fraction of sp³-hybridized carbons (Fsp3) is 1.00. The van der Waals surface area contributed by atoms with Crippen molar-refractivity contribution in [3.05, 3.63) is 0 Å². The summed E-state index contributed by atoms with van der Waals surface area (Å²) in [6.07, 6.45) is 8.25. The third kappa shape index (κ3) is 3.75. The molecular weight excluding hydrogens is 248 g/mol. The van der Waals surface area contributed by atoms with E-state index in [0.29, 0.717) is 11.6 Å². The number of rotatable bonds is 6. The van der Waals surface area contributed by atoms with Gasteiger partial charge in [-0.2, -0.15) is 0 Å². The summed E-state index contributed by atoms with van der Waals surface area (Å²) < 4.78 is 5.63. The number of piperazine rings is 1. The zero-order chi connectivity index (χ0) is 14.4. The van der Waals surface area contributed by atoms with Gasteiger partial charge in [-0.15, -0.1) is 0 Å². The van der Waals surface area contributed by atoms with Gasteiger partial charge in [0.25, 0.3) is 0 Å². The van der Waals surface area contributed by atoms with Gasteiger partial charge in [-0.1, -0.05) is 39.5 Å². The van der Waals surface area contributed by atoms with E-state index in [0.717, 1.165) is 25.7 Å². The van der Waals surface area contributed by atoms with Crippen molar-refractivity contribution in [1.29, 1.82) is 0 Å². The maximum absolute atomic E-state index is 5.63. The molecule has 2 aliphatic rings. The van der Waals surface area contributed by atoms with E-state index in [2.05, 4.69) is 31.0 Å². The monoisotopic (exact) mass is 282 g/mol. The van der Waals surface area contributed by atoms with Gasteiger partial charge in [0.15, 0.2) is 0 Å². The van der Waals surface area contributed by atoms with Crippen LogP contribution in [0.4, 0.5) is 0 Å². The highest BCUT2D eigenvalue weighted by molar-refractivity contribution is 5.01. The minimum Gasteiger partial charge on any atom is -0.380 e. The third-order valence-electron chi connectivity index (χ3n) is 5.61. The molecule has 1 aliphatic heterocycles. The summed E-state index contributed by atoms with van der Waals surface area (Å²) in [6, 6.07) is 0.661. The van der Waals surface area contributed by atoms with Crippen LogP contribution < -0.4 is 5.32 Å². The van der Waals surface area contributed by atoms with E-state index in [1.165, 1.54) is 51.6 Å². The molecule has 2 rings (SSSR count). The average molecular weight is 282 g/mol. The molecule has 0 bridgehead atoms. The van der Waals surface area contributed by atoms with Crippen molar-refractivity contribution in [2.45, 2.75) is 70.9 Å². The predicted molar refractivity (Wildman–Crippen MR) is 85.1 cm³/mol. The van der Waals surface area contributed by atoms with Gasteiger partial charge in [-0.05, 0) is 25.7 Å². The molecule has 0 aromatic rings. The smallest absolute Gasteiger partial charge is 0.0593 e. The van der Waals surface area contributed by atoms with E-state index in [1.54, 1.807) is 0 Å². The van der Waals surface area contributed by atoms with E-state index in [1.807, 2.05) is 0 Å². The Morgan fingerprint density at radius 3 is 2.65 bits per heavy atom. The Bertz CT molecular complexity index is 276. The quantitative estimate of drug-likeness (QED) is 0.758. The Morgan fingerprint density at radius 1 is 1.25 bits per heavy atom. The first-order chi connectivity index (χ1) is 9.72. The first kappa shape index (κ1) is 16.3. The predicted octanol–water partition coefficient (Wildman–Crippen LogP) is 3.05. The molecule has 1 spiro atoms. The Balaban J connectivity index is 1.99. The minimum absolute atomic E-state index is 0.430. The standard InChI is InChI=1S/C17H34N2O/c1-4-15(3)16-13-19(11-12-20-5-2)17(14-18-16)9-7-6-8-10-17/h15-16,18H,4-14H2,1-3H3. The number of nitrogens with one attached hydrogen (secondary N) is 1. The summed E-state index contributed by atoms with van der Waals surface area (Å²) in [7, 11) is 0. The summed E-state index contributed by atoms with van der Waals surface area (Å²) in [5.41, 5.74) is 0.430. The second-order valence-corrected chi connectivity index (χ2v) is 6.80. The largest absolute Gasteiger partial charge is 0.380 e. The van der Waals surface area contributed by atoms with Crippen LogP contribution in [0.15, 0.2) is 0 Å². The van der Waals surface area contributed by atoms with Gasteiger partial charge in [0.1, 0.15) is 0 Å². The van der Waals surface area contributed by atoms with Crippen molar-refractivity contribution in [3.8, 4) is 0 Å². The SMILES string of the molecule is CCOCCN1CC(C(C)CC)NCC12CCCCC2. The fourth-order valence-electron chi connectivity index (χ4n) is 3.94. The molecule has 2 atom stereocenters. The molecule has 20 heavy (non-hydrogen) atoms. The molecule has 1 saturated heterocycles. The van der Waals surface area contributed by atoms with Crippen molar-refractivity contribution in [2.24, 2.45) is 5.92 Å². The second kappa shape index (κ2) is 7.77. The van der Waals surface area contributed by atoms with Crippen LogP contribution in [0.25, 0.3) is 0 Å². The molecule has 0 aromatic heterocycles. The normalized spacial score (nSPS) is 28.6. The summed E-state index contributed by atoms with van der Waals surface area (Å²) in [5, 5.41) is 3.87. The Kier molecular flexibility index (Phi) is 6.31. The lowest BCUT2D eigenvalue weighted by Crippen LogP contribution is -2.66. The van der Waals surface area contributed by atoms with Crippen LogP contribution >= 0.6 is 0 Å². The van der Waals surface area contributed by atoms with Gasteiger partial charge in [-0.3, -0.25) is 4.90 Å². The van der Waals surface area contributed by atoms with E-state index in [-0.39, 0.29) is 0 Å². The number of nitrogens with zero attached hydrogens (tertiary/aromatic N) is 1. The third-order valence-corrected chi connectivity index (χ3v) is 5.61. The second-order valence-electron chi connectivity index (χ2n) is 6.80.